The fourth-order valence-corrected chi connectivity index (χ4v) is 2.31. The largest absolute Gasteiger partial charge is 0.366 e. The third-order valence-electron chi connectivity index (χ3n) is 4.16. The molecule has 1 saturated carbocycles. The molecule has 136 valence electrons. The van der Waals surface area contributed by atoms with E-state index in [2.05, 4.69) is 20.9 Å². The molecule has 0 bridgehead atoms. The first-order valence-electron chi connectivity index (χ1n) is 8.92. The van der Waals surface area contributed by atoms with E-state index in [1.54, 1.807) is 18.3 Å². The van der Waals surface area contributed by atoms with Gasteiger partial charge in [-0.05, 0) is 42.7 Å². The number of benzene rings is 1. The monoisotopic (exact) mass is 352 g/mol. The maximum Gasteiger partial charge on any atom is 0.253 e. The molecule has 0 atom stereocenters. The number of amides is 2. The van der Waals surface area contributed by atoms with Crippen LogP contribution in [0.1, 0.15) is 42.6 Å². The molecule has 3 N–H and O–H groups in total. The van der Waals surface area contributed by atoms with E-state index in [9.17, 15) is 9.59 Å². The predicted molar refractivity (Wildman–Crippen MR) is 102 cm³/mol. The number of anilines is 2. The van der Waals surface area contributed by atoms with Gasteiger partial charge in [-0.25, -0.2) is 4.98 Å². The van der Waals surface area contributed by atoms with E-state index >= 15 is 0 Å². The molecule has 1 heterocycles. The summed E-state index contributed by atoms with van der Waals surface area (Å²) in [6, 6.07) is 11.6. The van der Waals surface area contributed by atoms with Gasteiger partial charge in [0.15, 0.2) is 0 Å². The van der Waals surface area contributed by atoms with Crippen molar-refractivity contribution in [2.75, 3.05) is 10.6 Å². The Bertz CT molecular complexity index is 765. The van der Waals surface area contributed by atoms with Gasteiger partial charge in [0.2, 0.25) is 5.91 Å². The van der Waals surface area contributed by atoms with Crippen LogP contribution in [0.3, 0.4) is 0 Å². The Labute approximate surface area is 153 Å². The summed E-state index contributed by atoms with van der Waals surface area (Å²) in [6.07, 6.45) is 3.72. The first-order valence-corrected chi connectivity index (χ1v) is 8.92. The summed E-state index contributed by atoms with van der Waals surface area (Å²) in [5, 5.41) is 9.04. The van der Waals surface area contributed by atoms with E-state index in [4.69, 9.17) is 0 Å². The Balaban J connectivity index is 1.50. The highest BCUT2D eigenvalue weighted by Crippen LogP contribution is 2.19. The molecule has 2 aromatic rings. The molecule has 0 aliphatic heterocycles. The van der Waals surface area contributed by atoms with Crippen LogP contribution in [0.5, 0.6) is 0 Å². The molecule has 1 aromatic heterocycles. The topological polar surface area (TPSA) is 83.1 Å². The summed E-state index contributed by atoms with van der Waals surface area (Å²) in [6.45, 7) is 4.34. The molecule has 0 saturated heterocycles. The van der Waals surface area contributed by atoms with Crippen LogP contribution in [0.25, 0.3) is 0 Å². The molecule has 6 heteroatoms. The molecule has 1 aromatic carbocycles. The molecule has 1 aliphatic rings. The van der Waals surface area contributed by atoms with E-state index in [1.165, 1.54) is 0 Å². The summed E-state index contributed by atoms with van der Waals surface area (Å²) >= 11 is 0. The minimum Gasteiger partial charge on any atom is -0.366 e. The van der Waals surface area contributed by atoms with Gasteiger partial charge in [-0.2, -0.15) is 0 Å². The summed E-state index contributed by atoms with van der Waals surface area (Å²) in [4.78, 5) is 27.9. The molecule has 1 fully saturated rings. The van der Waals surface area contributed by atoms with Gasteiger partial charge in [-0.3, -0.25) is 9.59 Å². The van der Waals surface area contributed by atoms with Gasteiger partial charge in [0.05, 0.1) is 5.56 Å². The third-order valence-corrected chi connectivity index (χ3v) is 4.16. The Hall–Kier alpha value is -2.89. The fraction of sp³-hybridized carbons (Fsp3) is 0.350. The highest BCUT2D eigenvalue weighted by molar-refractivity contribution is 5.94. The Morgan fingerprint density at radius 1 is 1.12 bits per heavy atom. The van der Waals surface area contributed by atoms with Crippen LogP contribution in [-0.2, 0) is 11.3 Å². The Morgan fingerprint density at radius 2 is 1.85 bits per heavy atom. The third kappa shape index (κ3) is 5.05. The SMILES string of the molecule is CC(C)C(=O)Nc1ccc(CNc2ccc(C(=O)NC3CC3)cn2)cc1. The van der Waals surface area contributed by atoms with Crippen molar-refractivity contribution in [3.05, 3.63) is 53.7 Å². The number of aromatic nitrogens is 1. The fourth-order valence-electron chi connectivity index (χ4n) is 2.31. The van der Waals surface area contributed by atoms with Gasteiger partial charge in [-0.15, -0.1) is 0 Å². The normalized spacial score (nSPS) is 13.3. The molecule has 6 nitrogen and oxygen atoms in total. The van der Waals surface area contributed by atoms with Crippen LogP contribution < -0.4 is 16.0 Å². The maximum absolute atomic E-state index is 11.9. The number of carbonyl (C=O) groups is 2. The van der Waals surface area contributed by atoms with Gasteiger partial charge in [0.25, 0.3) is 5.91 Å². The predicted octanol–water partition coefficient (Wildman–Crippen LogP) is 3.18. The first-order chi connectivity index (χ1) is 12.5. The average Bonchev–Trinajstić information content (AvgIpc) is 3.45. The second kappa shape index (κ2) is 7.99. The molecule has 3 rings (SSSR count). The lowest BCUT2D eigenvalue weighted by Crippen LogP contribution is -2.25. The van der Waals surface area contributed by atoms with E-state index in [0.29, 0.717) is 24.0 Å². The zero-order chi connectivity index (χ0) is 18.5. The molecule has 1 aliphatic carbocycles. The van der Waals surface area contributed by atoms with Crippen molar-refractivity contribution < 1.29 is 9.59 Å². The van der Waals surface area contributed by atoms with E-state index in [0.717, 1.165) is 24.1 Å². The lowest BCUT2D eigenvalue weighted by molar-refractivity contribution is -0.118. The lowest BCUT2D eigenvalue weighted by Gasteiger charge is -2.10. The number of nitrogens with zero attached hydrogens (tertiary/aromatic N) is 1. The smallest absolute Gasteiger partial charge is 0.253 e. The van der Waals surface area contributed by atoms with Gasteiger partial charge >= 0.3 is 0 Å². The quantitative estimate of drug-likeness (QED) is 0.715. The van der Waals surface area contributed by atoms with Gasteiger partial charge in [0, 0.05) is 30.4 Å². The molecular formula is C20H24N4O2. The van der Waals surface area contributed by atoms with Crippen LogP contribution >= 0.6 is 0 Å². The first kappa shape index (κ1) is 17.9. The number of rotatable bonds is 7. The molecule has 0 radical (unpaired) electrons. The van der Waals surface area contributed by atoms with Crippen molar-refractivity contribution in [2.45, 2.75) is 39.3 Å². The molecule has 0 unspecified atom stereocenters. The number of hydrogen-bond acceptors (Lipinski definition) is 4. The highest BCUT2D eigenvalue weighted by atomic mass is 16.2. The van der Waals surface area contributed by atoms with E-state index in [1.807, 2.05) is 38.1 Å². The van der Waals surface area contributed by atoms with Crippen molar-refractivity contribution in [3.63, 3.8) is 0 Å². The van der Waals surface area contributed by atoms with Gasteiger partial charge in [-0.1, -0.05) is 26.0 Å². The van der Waals surface area contributed by atoms with Crippen molar-refractivity contribution in [1.29, 1.82) is 0 Å². The summed E-state index contributed by atoms with van der Waals surface area (Å²) in [5.74, 6) is 0.610. The van der Waals surface area contributed by atoms with Crippen LogP contribution in [-0.4, -0.2) is 22.8 Å². The van der Waals surface area contributed by atoms with Crippen LogP contribution in [0.4, 0.5) is 11.5 Å². The second-order valence-corrected chi connectivity index (χ2v) is 6.87. The number of pyridine rings is 1. The maximum atomic E-state index is 11.9. The van der Waals surface area contributed by atoms with Gasteiger partial charge in [0.1, 0.15) is 5.82 Å². The Morgan fingerprint density at radius 3 is 2.42 bits per heavy atom. The highest BCUT2D eigenvalue weighted by Gasteiger charge is 2.23. The summed E-state index contributed by atoms with van der Waals surface area (Å²) in [7, 11) is 0. The summed E-state index contributed by atoms with van der Waals surface area (Å²) < 4.78 is 0. The van der Waals surface area contributed by atoms with Gasteiger partial charge < -0.3 is 16.0 Å². The zero-order valence-electron chi connectivity index (χ0n) is 15.1. The molecule has 0 spiro atoms. The minimum absolute atomic E-state index is 0.00545. The number of nitrogens with one attached hydrogen (secondary N) is 3. The van der Waals surface area contributed by atoms with Crippen molar-refractivity contribution in [3.8, 4) is 0 Å². The zero-order valence-corrected chi connectivity index (χ0v) is 15.1. The van der Waals surface area contributed by atoms with Crippen molar-refractivity contribution >= 4 is 23.3 Å². The second-order valence-electron chi connectivity index (χ2n) is 6.87. The minimum atomic E-state index is -0.0643. The van der Waals surface area contributed by atoms with E-state index < -0.39 is 0 Å². The van der Waals surface area contributed by atoms with E-state index in [-0.39, 0.29) is 17.7 Å². The van der Waals surface area contributed by atoms with Crippen molar-refractivity contribution in [1.82, 2.24) is 10.3 Å². The average molecular weight is 352 g/mol. The number of hydrogen-bond donors (Lipinski definition) is 3. The van der Waals surface area contributed by atoms with Crippen LogP contribution in [0.2, 0.25) is 0 Å². The van der Waals surface area contributed by atoms with Crippen LogP contribution in [0, 0.1) is 5.92 Å². The number of carbonyl (C=O) groups excluding carboxylic acids is 2. The molecule has 2 amide bonds. The lowest BCUT2D eigenvalue weighted by atomic mass is 10.1. The molecular weight excluding hydrogens is 328 g/mol. The molecule has 26 heavy (non-hydrogen) atoms. The van der Waals surface area contributed by atoms with Crippen molar-refractivity contribution in [2.24, 2.45) is 5.92 Å². The standard InChI is InChI=1S/C20H24N4O2/c1-13(2)19(25)23-16-6-3-14(4-7-16)11-21-18-10-5-15(12-22-18)20(26)24-17-8-9-17/h3-7,10,12-13,17H,8-9,11H2,1-2H3,(H,21,22)(H,23,25)(H,24,26). The summed E-state index contributed by atoms with van der Waals surface area (Å²) in [5.41, 5.74) is 2.44. The Kier molecular flexibility index (Phi) is 5.51. The van der Waals surface area contributed by atoms with Crippen LogP contribution in [0.15, 0.2) is 42.6 Å².